The van der Waals surface area contributed by atoms with E-state index in [2.05, 4.69) is 10.4 Å². The first kappa shape index (κ1) is 15.2. The molecule has 1 aliphatic rings. The predicted octanol–water partition coefficient (Wildman–Crippen LogP) is 1.24. The lowest BCUT2D eigenvalue weighted by Crippen LogP contribution is -2.43. The van der Waals surface area contributed by atoms with Crippen LogP contribution in [0.25, 0.3) is 5.69 Å². The normalized spacial score (nSPS) is 17.7. The van der Waals surface area contributed by atoms with Crippen LogP contribution in [0.2, 0.25) is 0 Å². The minimum Gasteiger partial charge on any atom is -0.317 e. The Hall–Kier alpha value is -1.70. The molecule has 0 atom stereocenters. The molecule has 0 unspecified atom stereocenters. The van der Waals surface area contributed by atoms with Gasteiger partial charge in [0.15, 0.2) is 0 Å². The van der Waals surface area contributed by atoms with E-state index in [-0.39, 0.29) is 4.90 Å². The second-order valence-electron chi connectivity index (χ2n) is 5.42. The number of para-hydroxylation sites is 1. The summed E-state index contributed by atoms with van der Waals surface area (Å²) >= 11 is 0. The Labute approximate surface area is 130 Å². The van der Waals surface area contributed by atoms with Gasteiger partial charge in [0.2, 0.25) is 10.0 Å². The van der Waals surface area contributed by atoms with Crippen LogP contribution in [-0.4, -0.2) is 48.7 Å². The number of benzene rings is 1. The zero-order chi connectivity index (χ0) is 15.6. The van der Waals surface area contributed by atoms with Crippen molar-refractivity contribution in [1.29, 1.82) is 0 Å². The molecular weight excluding hydrogens is 300 g/mol. The molecule has 0 radical (unpaired) electrons. The third-order valence-corrected chi connectivity index (χ3v) is 5.93. The molecule has 22 heavy (non-hydrogen) atoms. The van der Waals surface area contributed by atoms with Gasteiger partial charge in [0.25, 0.3) is 0 Å². The molecule has 0 amide bonds. The summed E-state index contributed by atoms with van der Waals surface area (Å²) in [4.78, 5) is 0.249. The Morgan fingerprint density at radius 1 is 1.18 bits per heavy atom. The summed E-state index contributed by atoms with van der Waals surface area (Å²) in [5.74, 6) is 0. The Kier molecular flexibility index (Phi) is 4.28. The number of aromatic nitrogens is 2. The fraction of sp³-hybridized carbons (Fsp3) is 0.400. The van der Waals surface area contributed by atoms with Gasteiger partial charge in [-0.05, 0) is 32.0 Å². The molecule has 3 rings (SSSR count). The minimum atomic E-state index is -3.46. The van der Waals surface area contributed by atoms with E-state index in [1.807, 2.05) is 37.4 Å². The highest BCUT2D eigenvalue weighted by Gasteiger charge is 2.29. The molecule has 2 heterocycles. The van der Waals surface area contributed by atoms with E-state index >= 15 is 0 Å². The predicted molar refractivity (Wildman–Crippen MR) is 84.4 cm³/mol. The number of nitrogens with zero attached hydrogens (tertiary/aromatic N) is 3. The number of nitrogens with one attached hydrogen (secondary N) is 1. The second-order valence-corrected chi connectivity index (χ2v) is 7.36. The second kappa shape index (κ2) is 6.20. The lowest BCUT2D eigenvalue weighted by molar-refractivity contribution is 0.298. The van der Waals surface area contributed by atoms with E-state index in [9.17, 15) is 8.42 Å². The average Bonchev–Trinajstić information content (AvgIpc) is 3.06. The molecule has 0 bridgehead atoms. The fourth-order valence-corrected chi connectivity index (χ4v) is 4.10. The van der Waals surface area contributed by atoms with Crippen LogP contribution in [-0.2, 0) is 10.0 Å². The molecular formula is C15H20N4O2S. The lowest BCUT2D eigenvalue weighted by Gasteiger charge is -2.30. The summed E-state index contributed by atoms with van der Waals surface area (Å²) in [6.45, 7) is 1.09. The lowest BCUT2D eigenvalue weighted by atomic mass is 10.1. The van der Waals surface area contributed by atoms with Gasteiger partial charge in [-0.15, -0.1) is 0 Å². The maximum atomic E-state index is 12.7. The van der Waals surface area contributed by atoms with Gasteiger partial charge in [-0.25, -0.2) is 13.1 Å². The first-order valence-electron chi connectivity index (χ1n) is 7.39. The van der Waals surface area contributed by atoms with Gasteiger partial charge in [0.1, 0.15) is 4.90 Å². The molecule has 1 aromatic carbocycles. The van der Waals surface area contributed by atoms with Crippen molar-refractivity contribution in [2.24, 2.45) is 0 Å². The van der Waals surface area contributed by atoms with Crippen LogP contribution < -0.4 is 5.32 Å². The number of piperidine rings is 1. The molecule has 7 heteroatoms. The van der Waals surface area contributed by atoms with Gasteiger partial charge in [-0.2, -0.15) is 9.40 Å². The Morgan fingerprint density at radius 3 is 2.50 bits per heavy atom. The standard InChI is InChI=1S/C15H20N4O2S/c1-16-13-7-9-18(10-8-13)22(20,21)15-11-17-19(12-15)14-5-3-2-4-6-14/h2-6,11-13,16H,7-10H2,1H3. The molecule has 6 nitrogen and oxygen atoms in total. The third-order valence-electron chi connectivity index (χ3n) is 4.08. The zero-order valence-corrected chi connectivity index (χ0v) is 13.3. The van der Waals surface area contributed by atoms with Crippen LogP contribution in [0.1, 0.15) is 12.8 Å². The van der Waals surface area contributed by atoms with Crippen LogP contribution in [0.4, 0.5) is 0 Å². The average molecular weight is 320 g/mol. The number of hydrogen-bond acceptors (Lipinski definition) is 4. The van der Waals surface area contributed by atoms with Crippen LogP contribution in [0.15, 0.2) is 47.6 Å². The van der Waals surface area contributed by atoms with Crippen LogP contribution >= 0.6 is 0 Å². The summed E-state index contributed by atoms with van der Waals surface area (Å²) in [5.41, 5.74) is 0.845. The van der Waals surface area contributed by atoms with E-state index < -0.39 is 10.0 Å². The van der Waals surface area contributed by atoms with Crippen molar-refractivity contribution < 1.29 is 8.42 Å². The molecule has 1 aliphatic heterocycles. The van der Waals surface area contributed by atoms with Crippen molar-refractivity contribution in [1.82, 2.24) is 19.4 Å². The van der Waals surface area contributed by atoms with Crippen molar-refractivity contribution in [2.75, 3.05) is 20.1 Å². The number of rotatable bonds is 4. The monoisotopic (exact) mass is 320 g/mol. The van der Waals surface area contributed by atoms with E-state index in [4.69, 9.17) is 0 Å². The van der Waals surface area contributed by atoms with E-state index in [1.54, 1.807) is 15.2 Å². The fourth-order valence-electron chi connectivity index (χ4n) is 2.70. The van der Waals surface area contributed by atoms with E-state index in [0.717, 1.165) is 18.5 Å². The Morgan fingerprint density at radius 2 is 1.86 bits per heavy atom. The maximum Gasteiger partial charge on any atom is 0.246 e. The van der Waals surface area contributed by atoms with E-state index in [0.29, 0.717) is 19.1 Å². The van der Waals surface area contributed by atoms with Crippen LogP contribution in [0, 0.1) is 0 Å². The first-order valence-corrected chi connectivity index (χ1v) is 8.83. The van der Waals surface area contributed by atoms with Crippen molar-refractivity contribution in [2.45, 2.75) is 23.8 Å². The molecule has 2 aromatic rings. The third kappa shape index (κ3) is 2.92. The minimum absolute atomic E-state index is 0.249. The van der Waals surface area contributed by atoms with Crippen molar-refractivity contribution in [3.8, 4) is 5.69 Å². The zero-order valence-electron chi connectivity index (χ0n) is 12.5. The number of hydrogen-bond donors (Lipinski definition) is 1. The van der Waals surface area contributed by atoms with Crippen molar-refractivity contribution >= 4 is 10.0 Å². The van der Waals surface area contributed by atoms with Gasteiger partial charge in [-0.1, -0.05) is 18.2 Å². The number of sulfonamides is 1. The molecule has 118 valence electrons. The largest absolute Gasteiger partial charge is 0.317 e. The summed E-state index contributed by atoms with van der Waals surface area (Å²) < 4.78 is 28.5. The molecule has 1 N–H and O–H groups in total. The first-order chi connectivity index (χ1) is 10.6. The van der Waals surface area contributed by atoms with Crippen molar-refractivity contribution in [3.63, 3.8) is 0 Å². The van der Waals surface area contributed by atoms with Gasteiger partial charge >= 0.3 is 0 Å². The molecule has 0 spiro atoms. The van der Waals surface area contributed by atoms with Crippen molar-refractivity contribution in [3.05, 3.63) is 42.7 Å². The quantitative estimate of drug-likeness (QED) is 0.920. The van der Waals surface area contributed by atoms with Gasteiger partial charge < -0.3 is 5.32 Å². The van der Waals surface area contributed by atoms with E-state index in [1.165, 1.54) is 6.20 Å². The molecule has 1 aromatic heterocycles. The Balaban J connectivity index is 1.80. The highest BCUT2D eigenvalue weighted by molar-refractivity contribution is 7.89. The molecule has 0 saturated carbocycles. The highest BCUT2D eigenvalue weighted by Crippen LogP contribution is 2.21. The summed E-state index contributed by atoms with van der Waals surface area (Å²) in [5, 5.41) is 7.38. The summed E-state index contributed by atoms with van der Waals surface area (Å²) in [6, 6.07) is 9.89. The van der Waals surface area contributed by atoms with Gasteiger partial charge in [0.05, 0.1) is 18.1 Å². The van der Waals surface area contributed by atoms with Crippen LogP contribution in [0.3, 0.4) is 0 Å². The maximum absolute atomic E-state index is 12.7. The summed E-state index contributed by atoms with van der Waals surface area (Å²) in [7, 11) is -1.54. The summed E-state index contributed by atoms with van der Waals surface area (Å²) in [6.07, 6.45) is 4.67. The van der Waals surface area contributed by atoms with Gasteiger partial charge in [-0.3, -0.25) is 0 Å². The highest BCUT2D eigenvalue weighted by atomic mass is 32.2. The Bertz CT molecular complexity index is 719. The smallest absolute Gasteiger partial charge is 0.246 e. The SMILES string of the molecule is CNC1CCN(S(=O)(=O)c2cnn(-c3ccccc3)c2)CC1. The van der Waals surface area contributed by atoms with Crippen LogP contribution in [0.5, 0.6) is 0 Å². The topological polar surface area (TPSA) is 67.2 Å². The molecule has 0 aliphatic carbocycles. The van der Waals surface area contributed by atoms with Gasteiger partial charge in [0, 0.05) is 19.1 Å². The molecule has 1 fully saturated rings. The molecule has 1 saturated heterocycles.